The smallest absolute Gasteiger partial charge is 0.169 e. The van der Waals surface area contributed by atoms with Crippen LogP contribution in [0.25, 0.3) is 0 Å². The van der Waals surface area contributed by atoms with Crippen LogP contribution in [0.4, 0.5) is 0 Å². The molecule has 0 aromatic carbocycles. The predicted molar refractivity (Wildman–Crippen MR) is 49.0 cm³/mol. The summed E-state index contributed by atoms with van der Waals surface area (Å²) in [5.74, 6) is 0. The fraction of sp³-hybridized carbons (Fsp3) is 1.00. The maximum atomic E-state index is 5.35. The maximum absolute atomic E-state index is 5.35. The number of methoxy groups -OCH3 is 2. The van der Waals surface area contributed by atoms with Crippen molar-refractivity contribution in [1.82, 2.24) is 5.32 Å². The summed E-state index contributed by atoms with van der Waals surface area (Å²) in [4.78, 5) is 0. The van der Waals surface area contributed by atoms with Crippen molar-refractivity contribution >= 4 is 0 Å². The maximum Gasteiger partial charge on any atom is 0.169 e. The van der Waals surface area contributed by atoms with Gasteiger partial charge in [-0.3, -0.25) is 0 Å². The Morgan fingerprint density at radius 2 is 1.92 bits per heavy atom. The Morgan fingerprint density at radius 3 is 2.42 bits per heavy atom. The van der Waals surface area contributed by atoms with Gasteiger partial charge >= 0.3 is 0 Å². The molecule has 0 saturated heterocycles. The Bertz CT molecular complexity index is 87.1. The van der Waals surface area contributed by atoms with Crippen molar-refractivity contribution in [3.63, 3.8) is 0 Å². The molecule has 0 fully saturated rings. The van der Waals surface area contributed by atoms with Gasteiger partial charge in [0.25, 0.3) is 0 Å². The molecule has 0 radical (unpaired) electrons. The van der Waals surface area contributed by atoms with Crippen LogP contribution in [-0.2, 0) is 9.47 Å². The van der Waals surface area contributed by atoms with Crippen molar-refractivity contribution in [3.8, 4) is 0 Å². The summed E-state index contributed by atoms with van der Waals surface area (Å²) in [7, 11) is 3.27. The van der Waals surface area contributed by atoms with Crippen LogP contribution in [-0.4, -0.2) is 40.1 Å². The van der Waals surface area contributed by atoms with Gasteiger partial charge in [0.1, 0.15) is 0 Å². The third-order valence-corrected chi connectivity index (χ3v) is 1.64. The summed E-state index contributed by atoms with van der Waals surface area (Å²) in [5, 5.41) is 3.22. The summed E-state index contributed by atoms with van der Waals surface area (Å²) < 4.78 is 9.99. The minimum Gasteiger partial charge on any atom is -0.355 e. The van der Waals surface area contributed by atoms with Crippen LogP contribution in [0.3, 0.4) is 0 Å². The molecule has 4 heteroatoms. The molecule has 0 aliphatic rings. The fourth-order valence-corrected chi connectivity index (χ4v) is 0.877. The fourth-order valence-electron chi connectivity index (χ4n) is 0.877. The first-order valence-corrected chi connectivity index (χ1v) is 4.31. The second kappa shape index (κ2) is 8.93. The highest BCUT2D eigenvalue weighted by Gasteiger charge is 2.01. The van der Waals surface area contributed by atoms with E-state index in [1.54, 1.807) is 14.2 Å². The van der Waals surface area contributed by atoms with Gasteiger partial charge in [-0.1, -0.05) is 0 Å². The highest BCUT2D eigenvalue weighted by molar-refractivity contribution is 4.51. The van der Waals surface area contributed by atoms with Crippen molar-refractivity contribution in [2.24, 2.45) is 5.73 Å². The summed E-state index contributed by atoms with van der Waals surface area (Å²) >= 11 is 0. The Hall–Kier alpha value is -0.160. The molecule has 0 aliphatic carbocycles. The van der Waals surface area contributed by atoms with Gasteiger partial charge in [0.15, 0.2) is 6.29 Å². The van der Waals surface area contributed by atoms with Crippen molar-refractivity contribution in [3.05, 3.63) is 0 Å². The van der Waals surface area contributed by atoms with E-state index >= 15 is 0 Å². The molecule has 0 saturated carbocycles. The minimum absolute atomic E-state index is 0.136. The van der Waals surface area contributed by atoms with Crippen molar-refractivity contribution in [2.75, 3.05) is 33.9 Å². The lowest BCUT2D eigenvalue weighted by Gasteiger charge is -2.13. The van der Waals surface area contributed by atoms with Crippen LogP contribution < -0.4 is 11.1 Å². The normalized spacial score (nSPS) is 11.0. The molecule has 0 bridgehead atoms. The zero-order chi connectivity index (χ0) is 9.23. The van der Waals surface area contributed by atoms with Gasteiger partial charge in [0, 0.05) is 20.8 Å². The number of ether oxygens (including phenoxy) is 2. The highest BCUT2D eigenvalue weighted by Crippen LogP contribution is 1.88. The molecule has 0 rings (SSSR count). The minimum atomic E-state index is -0.136. The Kier molecular flexibility index (Phi) is 8.81. The van der Waals surface area contributed by atoms with E-state index in [4.69, 9.17) is 15.2 Å². The van der Waals surface area contributed by atoms with Gasteiger partial charge in [-0.2, -0.15) is 0 Å². The van der Waals surface area contributed by atoms with E-state index in [0.29, 0.717) is 0 Å². The van der Waals surface area contributed by atoms with Crippen LogP contribution in [0.15, 0.2) is 0 Å². The quantitative estimate of drug-likeness (QED) is 0.401. The van der Waals surface area contributed by atoms with Crippen molar-refractivity contribution in [1.29, 1.82) is 0 Å². The van der Waals surface area contributed by atoms with E-state index in [9.17, 15) is 0 Å². The van der Waals surface area contributed by atoms with Gasteiger partial charge in [-0.25, -0.2) is 0 Å². The van der Waals surface area contributed by atoms with Crippen LogP contribution in [0, 0.1) is 0 Å². The Morgan fingerprint density at radius 1 is 1.25 bits per heavy atom. The lowest BCUT2D eigenvalue weighted by atomic mass is 10.3. The number of hydrogen-bond donors (Lipinski definition) is 2. The third-order valence-electron chi connectivity index (χ3n) is 1.64. The van der Waals surface area contributed by atoms with Crippen LogP contribution in [0.2, 0.25) is 0 Å². The second-order valence-electron chi connectivity index (χ2n) is 2.60. The van der Waals surface area contributed by atoms with E-state index in [1.807, 2.05) is 0 Å². The van der Waals surface area contributed by atoms with E-state index in [0.717, 1.165) is 32.5 Å². The molecule has 0 amide bonds. The van der Waals surface area contributed by atoms with Crippen LogP contribution >= 0.6 is 0 Å². The summed E-state index contributed by atoms with van der Waals surface area (Å²) in [6.45, 7) is 2.47. The molecule has 0 spiro atoms. The van der Waals surface area contributed by atoms with Crippen molar-refractivity contribution in [2.45, 2.75) is 19.1 Å². The van der Waals surface area contributed by atoms with Crippen LogP contribution in [0.5, 0.6) is 0 Å². The Balaban J connectivity index is 3.06. The SMILES string of the molecule is COC(CNCCCCN)OC. The molecule has 0 atom stereocenters. The van der Waals surface area contributed by atoms with E-state index in [1.165, 1.54) is 0 Å². The number of rotatable bonds is 8. The first-order chi connectivity index (χ1) is 5.85. The summed E-state index contributed by atoms with van der Waals surface area (Å²) in [6.07, 6.45) is 2.04. The molecule has 0 heterocycles. The van der Waals surface area contributed by atoms with Gasteiger partial charge in [-0.15, -0.1) is 0 Å². The van der Waals surface area contributed by atoms with E-state index in [2.05, 4.69) is 5.32 Å². The average Bonchev–Trinajstić information content (AvgIpc) is 2.11. The molecule has 74 valence electrons. The molecular formula is C8H20N2O2. The van der Waals surface area contributed by atoms with Crippen molar-refractivity contribution < 1.29 is 9.47 Å². The van der Waals surface area contributed by atoms with E-state index < -0.39 is 0 Å². The molecule has 4 nitrogen and oxygen atoms in total. The number of nitrogens with two attached hydrogens (primary N) is 1. The molecular weight excluding hydrogens is 156 g/mol. The monoisotopic (exact) mass is 176 g/mol. The van der Waals surface area contributed by atoms with Crippen LogP contribution in [0.1, 0.15) is 12.8 Å². The molecule has 3 N–H and O–H groups in total. The second-order valence-corrected chi connectivity index (χ2v) is 2.60. The van der Waals surface area contributed by atoms with Gasteiger partial charge in [-0.05, 0) is 25.9 Å². The standard InChI is InChI=1S/C8H20N2O2/c1-11-8(12-2)7-10-6-4-3-5-9/h8,10H,3-7,9H2,1-2H3. The number of nitrogens with one attached hydrogen (secondary N) is 1. The van der Waals surface area contributed by atoms with Gasteiger partial charge in [0.2, 0.25) is 0 Å². The Labute approximate surface area is 74.4 Å². The topological polar surface area (TPSA) is 56.5 Å². The molecule has 0 aliphatic heterocycles. The zero-order valence-corrected chi connectivity index (χ0v) is 8.01. The predicted octanol–water partition coefficient (Wildman–Crippen LogP) is -0.0662. The van der Waals surface area contributed by atoms with E-state index in [-0.39, 0.29) is 6.29 Å². The zero-order valence-electron chi connectivity index (χ0n) is 8.01. The highest BCUT2D eigenvalue weighted by atomic mass is 16.7. The summed E-state index contributed by atoms with van der Waals surface area (Å²) in [6, 6.07) is 0. The first kappa shape index (κ1) is 11.8. The number of hydrogen-bond acceptors (Lipinski definition) is 4. The van der Waals surface area contributed by atoms with Gasteiger partial charge < -0.3 is 20.5 Å². The number of unbranched alkanes of at least 4 members (excludes halogenated alkanes) is 1. The molecule has 12 heavy (non-hydrogen) atoms. The third kappa shape index (κ3) is 6.54. The molecule has 0 aromatic rings. The lowest BCUT2D eigenvalue weighted by Crippen LogP contribution is -2.30. The van der Waals surface area contributed by atoms with Gasteiger partial charge in [0.05, 0.1) is 0 Å². The largest absolute Gasteiger partial charge is 0.355 e. The molecule has 0 aromatic heterocycles. The lowest BCUT2D eigenvalue weighted by molar-refractivity contribution is -0.0986. The average molecular weight is 176 g/mol. The first-order valence-electron chi connectivity index (χ1n) is 4.31. The molecule has 0 unspecified atom stereocenters. The summed E-state index contributed by atoms with van der Waals surface area (Å²) in [5.41, 5.74) is 5.35.